The minimum Gasteiger partial charge on any atom is -0.392 e. The molecular formula is C29H36N2O3. The van der Waals surface area contributed by atoms with Crippen molar-refractivity contribution in [1.82, 2.24) is 4.90 Å². The molecule has 3 aromatic carbocycles. The molecule has 3 aromatic rings. The van der Waals surface area contributed by atoms with Crippen molar-refractivity contribution in [3.05, 3.63) is 107 Å². The molecule has 5 atom stereocenters. The van der Waals surface area contributed by atoms with E-state index in [4.69, 9.17) is 15.2 Å². The third-order valence-corrected chi connectivity index (χ3v) is 7.02. The predicted octanol–water partition coefficient (Wildman–Crippen LogP) is 5.12. The molecule has 0 aromatic heterocycles. The maximum atomic E-state index is 9.45. The largest absolute Gasteiger partial charge is 0.392 e. The van der Waals surface area contributed by atoms with E-state index in [0.29, 0.717) is 6.54 Å². The van der Waals surface area contributed by atoms with Gasteiger partial charge in [0.1, 0.15) is 0 Å². The van der Waals surface area contributed by atoms with Crippen LogP contribution in [-0.2, 0) is 22.6 Å². The van der Waals surface area contributed by atoms with Gasteiger partial charge in [0, 0.05) is 30.6 Å². The molecule has 1 saturated heterocycles. The first-order chi connectivity index (χ1) is 16.5. The summed E-state index contributed by atoms with van der Waals surface area (Å²) in [4.78, 5) is 2.35. The van der Waals surface area contributed by atoms with Crippen LogP contribution in [0.3, 0.4) is 0 Å². The van der Waals surface area contributed by atoms with Gasteiger partial charge in [0.25, 0.3) is 0 Å². The van der Waals surface area contributed by atoms with Crippen molar-refractivity contribution in [2.45, 2.75) is 51.5 Å². The smallest absolute Gasteiger partial charge is 0.184 e. The topological polar surface area (TPSA) is 68.0 Å². The summed E-state index contributed by atoms with van der Waals surface area (Å²) in [6, 6.07) is 27.0. The molecule has 5 heteroatoms. The lowest BCUT2D eigenvalue weighted by atomic mass is 9.89. The lowest BCUT2D eigenvalue weighted by molar-refractivity contribution is -0.276. The standard InChI is InChI=1S/C29H36N2O3/c1-20-27(18-31(3)21(2)24-7-5-4-6-8-24)33-29(26-15-9-22(17-30)10-16-26)34-28(20)25-13-11-23(19-32)12-14-25/h4-16,20-21,27-29,32H,17-19,30H2,1-3H3. The second kappa shape index (κ2) is 11.3. The third kappa shape index (κ3) is 5.57. The highest BCUT2D eigenvalue weighted by Crippen LogP contribution is 2.42. The van der Waals surface area contributed by atoms with Gasteiger partial charge in [-0.1, -0.05) is 85.8 Å². The Balaban J connectivity index is 1.59. The predicted molar refractivity (Wildman–Crippen MR) is 135 cm³/mol. The van der Waals surface area contributed by atoms with Crippen LogP contribution in [0.25, 0.3) is 0 Å². The van der Waals surface area contributed by atoms with Gasteiger partial charge >= 0.3 is 0 Å². The average Bonchev–Trinajstić information content (AvgIpc) is 2.90. The van der Waals surface area contributed by atoms with Crippen LogP contribution in [0.2, 0.25) is 0 Å². The average molecular weight is 461 g/mol. The van der Waals surface area contributed by atoms with E-state index in [0.717, 1.165) is 28.8 Å². The van der Waals surface area contributed by atoms with Crippen LogP contribution >= 0.6 is 0 Å². The highest BCUT2D eigenvalue weighted by atomic mass is 16.7. The number of nitrogens with zero attached hydrogens (tertiary/aromatic N) is 1. The van der Waals surface area contributed by atoms with Gasteiger partial charge in [0.15, 0.2) is 6.29 Å². The van der Waals surface area contributed by atoms with Crippen LogP contribution < -0.4 is 5.73 Å². The Morgan fingerprint density at radius 1 is 0.882 bits per heavy atom. The van der Waals surface area contributed by atoms with Crippen molar-refractivity contribution < 1.29 is 14.6 Å². The van der Waals surface area contributed by atoms with E-state index in [1.165, 1.54) is 5.56 Å². The molecule has 34 heavy (non-hydrogen) atoms. The SMILES string of the molecule is CC1C(CN(C)C(C)c2ccccc2)OC(c2ccc(CN)cc2)OC1c1ccc(CO)cc1. The van der Waals surface area contributed by atoms with Crippen LogP contribution in [0, 0.1) is 5.92 Å². The number of nitrogens with two attached hydrogens (primary N) is 1. The van der Waals surface area contributed by atoms with Crippen LogP contribution in [-0.4, -0.2) is 29.7 Å². The van der Waals surface area contributed by atoms with Gasteiger partial charge in [0.2, 0.25) is 0 Å². The number of benzene rings is 3. The van der Waals surface area contributed by atoms with Crippen molar-refractivity contribution in [2.24, 2.45) is 11.7 Å². The van der Waals surface area contributed by atoms with E-state index in [1.807, 2.05) is 42.5 Å². The molecular weight excluding hydrogens is 424 g/mol. The van der Waals surface area contributed by atoms with Gasteiger partial charge in [-0.2, -0.15) is 0 Å². The van der Waals surface area contributed by atoms with Crippen molar-refractivity contribution >= 4 is 0 Å². The Kier molecular flexibility index (Phi) is 8.14. The van der Waals surface area contributed by atoms with E-state index in [9.17, 15) is 5.11 Å². The van der Waals surface area contributed by atoms with Gasteiger partial charge in [-0.05, 0) is 36.2 Å². The van der Waals surface area contributed by atoms with Crippen LogP contribution in [0.5, 0.6) is 0 Å². The molecule has 0 amide bonds. The second-order valence-corrected chi connectivity index (χ2v) is 9.29. The molecule has 4 rings (SSSR count). The summed E-state index contributed by atoms with van der Waals surface area (Å²) >= 11 is 0. The molecule has 1 fully saturated rings. The van der Waals surface area contributed by atoms with Crippen molar-refractivity contribution in [1.29, 1.82) is 0 Å². The van der Waals surface area contributed by atoms with E-state index < -0.39 is 6.29 Å². The normalized spacial score (nSPS) is 23.7. The van der Waals surface area contributed by atoms with Gasteiger partial charge < -0.3 is 20.3 Å². The molecule has 180 valence electrons. The number of likely N-dealkylation sites (N-methyl/N-ethyl adjacent to an activating group) is 1. The fourth-order valence-corrected chi connectivity index (χ4v) is 4.57. The van der Waals surface area contributed by atoms with Gasteiger partial charge in [-0.25, -0.2) is 0 Å². The van der Waals surface area contributed by atoms with Crippen molar-refractivity contribution in [2.75, 3.05) is 13.6 Å². The Morgan fingerprint density at radius 3 is 2.12 bits per heavy atom. The lowest BCUT2D eigenvalue weighted by Crippen LogP contribution is -2.44. The number of rotatable bonds is 8. The highest BCUT2D eigenvalue weighted by molar-refractivity contribution is 5.27. The monoisotopic (exact) mass is 460 g/mol. The maximum absolute atomic E-state index is 9.45. The summed E-state index contributed by atoms with van der Waals surface area (Å²) in [7, 11) is 2.15. The van der Waals surface area contributed by atoms with E-state index in [2.05, 4.69) is 62.2 Å². The number of aliphatic hydroxyl groups is 1. The fourth-order valence-electron chi connectivity index (χ4n) is 4.57. The molecule has 0 aliphatic carbocycles. The summed E-state index contributed by atoms with van der Waals surface area (Å²) in [5, 5.41) is 9.45. The first kappa shape index (κ1) is 24.6. The Bertz CT molecular complexity index is 1020. The first-order valence-corrected chi connectivity index (χ1v) is 12.0. The first-order valence-electron chi connectivity index (χ1n) is 12.0. The minimum atomic E-state index is -0.462. The van der Waals surface area contributed by atoms with E-state index in [1.54, 1.807) is 0 Å². The maximum Gasteiger partial charge on any atom is 0.184 e. The third-order valence-electron chi connectivity index (χ3n) is 7.02. The molecule has 0 saturated carbocycles. The van der Waals surface area contributed by atoms with Gasteiger partial charge in [0.05, 0.1) is 18.8 Å². The lowest BCUT2D eigenvalue weighted by Gasteiger charge is -2.43. The molecule has 1 heterocycles. The van der Waals surface area contributed by atoms with Crippen LogP contribution in [0.4, 0.5) is 0 Å². The van der Waals surface area contributed by atoms with Gasteiger partial charge in [-0.3, -0.25) is 4.90 Å². The Labute approximate surface area is 203 Å². The molecule has 0 spiro atoms. The Hall–Kier alpha value is -2.54. The fraction of sp³-hybridized carbons (Fsp3) is 0.379. The number of hydrogen-bond acceptors (Lipinski definition) is 5. The molecule has 5 nitrogen and oxygen atoms in total. The van der Waals surface area contributed by atoms with E-state index in [-0.39, 0.29) is 30.8 Å². The number of hydrogen-bond donors (Lipinski definition) is 2. The minimum absolute atomic E-state index is 0.0217. The molecule has 0 bridgehead atoms. The number of ether oxygens (including phenoxy) is 2. The second-order valence-electron chi connectivity index (χ2n) is 9.29. The summed E-state index contributed by atoms with van der Waals surface area (Å²) in [5.74, 6) is 0.143. The van der Waals surface area contributed by atoms with Gasteiger partial charge in [-0.15, -0.1) is 0 Å². The highest BCUT2D eigenvalue weighted by Gasteiger charge is 2.39. The van der Waals surface area contributed by atoms with Crippen molar-refractivity contribution in [3.8, 4) is 0 Å². The number of aliphatic hydroxyl groups excluding tert-OH is 1. The molecule has 5 unspecified atom stereocenters. The zero-order valence-electron chi connectivity index (χ0n) is 20.3. The molecule has 0 radical (unpaired) electrons. The summed E-state index contributed by atoms with van der Waals surface area (Å²) in [6.45, 7) is 5.75. The van der Waals surface area contributed by atoms with Crippen LogP contribution in [0.1, 0.15) is 60.1 Å². The summed E-state index contributed by atoms with van der Waals surface area (Å²) < 4.78 is 13.1. The zero-order valence-corrected chi connectivity index (χ0v) is 20.3. The van der Waals surface area contributed by atoms with Crippen LogP contribution in [0.15, 0.2) is 78.9 Å². The zero-order chi connectivity index (χ0) is 24.1. The quantitative estimate of drug-likeness (QED) is 0.488. The summed E-state index contributed by atoms with van der Waals surface area (Å²) in [5.41, 5.74) is 11.1. The molecule has 1 aliphatic rings. The molecule has 3 N–H and O–H groups in total. The molecule has 1 aliphatic heterocycles. The van der Waals surface area contributed by atoms with Crippen molar-refractivity contribution in [3.63, 3.8) is 0 Å². The summed E-state index contributed by atoms with van der Waals surface area (Å²) in [6.07, 6.45) is -0.603. The Morgan fingerprint density at radius 2 is 1.50 bits per heavy atom. The van der Waals surface area contributed by atoms with E-state index >= 15 is 0 Å².